The molecule has 0 bridgehead atoms. The number of hydrogen-bond donors (Lipinski definition) is 0. The van der Waals surface area contributed by atoms with E-state index in [4.69, 9.17) is 4.74 Å². The number of pyridine rings is 1. The quantitative estimate of drug-likeness (QED) is 0.672. The van der Waals surface area contributed by atoms with Gasteiger partial charge in [0.15, 0.2) is 21.5 Å². The molecule has 0 aliphatic heterocycles. The number of rotatable bonds is 4. The van der Waals surface area contributed by atoms with Gasteiger partial charge < -0.3 is 4.74 Å². The zero-order valence-corrected chi connectivity index (χ0v) is 14.9. The molecule has 27 heavy (non-hydrogen) atoms. The van der Waals surface area contributed by atoms with Gasteiger partial charge in [-0.1, -0.05) is 12.1 Å². The average Bonchev–Trinajstić information content (AvgIpc) is 3.07. The van der Waals surface area contributed by atoms with Crippen LogP contribution in [0.2, 0.25) is 0 Å². The molecule has 0 N–H and O–H groups in total. The zero-order chi connectivity index (χ0) is 19.8. The van der Waals surface area contributed by atoms with Crippen LogP contribution in [0.1, 0.15) is 5.82 Å². The van der Waals surface area contributed by atoms with Crippen molar-refractivity contribution in [2.24, 2.45) is 0 Å². The van der Waals surface area contributed by atoms with Crippen LogP contribution in [0.15, 0.2) is 47.5 Å². The largest absolute Gasteiger partial charge is 0.497 e. The molecule has 0 radical (unpaired) electrons. The lowest BCUT2D eigenvalue weighted by Crippen LogP contribution is -2.09. The minimum atomic E-state index is -4.76. The minimum absolute atomic E-state index is 0.0109. The van der Waals surface area contributed by atoms with Crippen molar-refractivity contribution in [3.8, 4) is 23.0 Å². The molecule has 2 aromatic heterocycles. The smallest absolute Gasteiger partial charge is 0.453 e. The molecule has 0 aliphatic rings. The number of ether oxygens (including phenoxy) is 1. The molecular weight excluding hydrogens is 385 g/mol. The van der Waals surface area contributed by atoms with Crippen LogP contribution >= 0.6 is 0 Å². The predicted molar refractivity (Wildman–Crippen MR) is 89.3 cm³/mol. The van der Waals surface area contributed by atoms with Crippen LogP contribution in [0.5, 0.6) is 5.75 Å². The Morgan fingerprint density at radius 2 is 1.89 bits per heavy atom. The molecule has 0 atom stereocenters. The highest BCUT2D eigenvalue weighted by Gasteiger charge is 2.37. The molecule has 0 saturated heterocycles. The van der Waals surface area contributed by atoms with Gasteiger partial charge in [0.05, 0.1) is 12.0 Å². The van der Waals surface area contributed by atoms with E-state index in [1.165, 1.54) is 25.3 Å². The van der Waals surface area contributed by atoms with Crippen LogP contribution in [0.25, 0.3) is 17.2 Å². The second kappa shape index (κ2) is 6.65. The van der Waals surface area contributed by atoms with Crippen molar-refractivity contribution in [3.63, 3.8) is 0 Å². The van der Waals surface area contributed by atoms with E-state index >= 15 is 0 Å². The Hall–Kier alpha value is -2.95. The molecule has 142 valence electrons. The molecule has 1 aromatic carbocycles. The van der Waals surface area contributed by atoms with Gasteiger partial charge in [-0.2, -0.15) is 17.9 Å². The molecule has 0 amide bonds. The van der Waals surface area contributed by atoms with Gasteiger partial charge in [0, 0.05) is 18.0 Å². The number of aromatic nitrogens is 4. The van der Waals surface area contributed by atoms with Gasteiger partial charge in [-0.15, -0.1) is 5.10 Å². The Morgan fingerprint density at radius 3 is 2.44 bits per heavy atom. The molecule has 11 heteroatoms. The fraction of sp³-hybridized carbons (Fsp3) is 0.188. The van der Waals surface area contributed by atoms with E-state index in [2.05, 4.69) is 15.1 Å². The third-order valence-corrected chi connectivity index (χ3v) is 4.65. The van der Waals surface area contributed by atoms with Gasteiger partial charge in [0.1, 0.15) is 5.75 Å². The Labute approximate surface area is 152 Å². The topological polar surface area (TPSA) is 87.0 Å². The Bertz CT molecular complexity index is 1080. The summed E-state index contributed by atoms with van der Waals surface area (Å²) >= 11 is 0. The van der Waals surface area contributed by atoms with E-state index in [1.807, 2.05) is 0 Å². The fourth-order valence-electron chi connectivity index (χ4n) is 2.26. The van der Waals surface area contributed by atoms with Crippen molar-refractivity contribution in [2.45, 2.75) is 11.1 Å². The molecular formula is C16H13F3N4O3S. The third kappa shape index (κ3) is 3.92. The maximum absolute atomic E-state index is 13.1. The van der Waals surface area contributed by atoms with E-state index in [1.54, 1.807) is 18.2 Å². The molecule has 0 saturated carbocycles. The van der Waals surface area contributed by atoms with Crippen LogP contribution in [0.4, 0.5) is 13.2 Å². The van der Waals surface area contributed by atoms with E-state index in [0.29, 0.717) is 11.3 Å². The van der Waals surface area contributed by atoms with Crippen molar-refractivity contribution >= 4 is 9.84 Å². The lowest BCUT2D eigenvalue weighted by atomic mass is 10.2. The summed E-state index contributed by atoms with van der Waals surface area (Å²) in [6.07, 6.45) is -2.71. The number of nitrogens with zero attached hydrogens (tertiary/aromatic N) is 4. The van der Waals surface area contributed by atoms with Crippen molar-refractivity contribution in [1.29, 1.82) is 0 Å². The first kappa shape index (κ1) is 18.8. The maximum Gasteiger partial charge on any atom is 0.453 e. The second-order valence-electron chi connectivity index (χ2n) is 5.52. The fourth-order valence-corrected chi connectivity index (χ4v) is 2.82. The normalized spacial score (nSPS) is 12.2. The third-order valence-electron chi connectivity index (χ3n) is 3.55. The molecule has 0 fully saturated rings. The first-order chi connectivity index (χ1) is 12.6. The highest BCUT2D eigenvalue weighted by Crippen LogP contribution is 2.31. The Balaban J connectivity index is 2.17. The molecule has 3 rings (SSSR count). The van der Waals surface area contributed by atoms with Gasteiger partial charge in [-0.05, 0) is 24.3 Å². The summed E-state index contributed by atoms with van der Waals surface area (Å²) in [5.74, 6) is -1.03. The van der Waals surface area contributed by atoms with Crippen LogP contribution < -0.4 is 4.74 Å². The Morgan fingerprint density at radius 1 is 1.15 bits per heavy atom. The minimum Gasteiger partial charge on any atom is -0.497 e. The van der Waals surface area contributed by atoms with Crippen molar-refractivity contribution in [1.82, 2.24) is 19.7 Å². The number of halogens is 3. The molecule has 3 aromatic rings. The van der Waals surface area contributed by atoms with Crippen LogP contribution in [-0.2, 0) is 16.0 Å². The first-order valence-electron chi connectivity index (χ1n) is 7.45. The summed E-state index contributed by atoms with van der Waals surface area (Å²) in [7, 11) is -2.07. The first-order valence-corrected chi connectivity index (χ1v) is 9.34. The SMILES string of the molecule is COc1cccc(-c2nc(C(F)(F)F)nn2-c2ccc(S(C)(=O)=O)cn2)c1. The standard InChI is InChI=1S/C16H13F3N4O3S/c1-26-11-5-3-4-10(8-11)14-21-15(16(17,18)19)22-23(14)13-7-6-12(9-20-13)27(2,24)25/h3-9H,1-2H3. The summed E-state index contributed by atoms with van der Waals surface area (Å²) < 4.78 is 68.4. The van der Waals surface area contributed by atoms with E-state index in [9.17, 15) is 21.6 Å². The van der Waals surface area contributed by atoms with Crippen molar-refractivity contribution < 1.29 is 26.3 Å². The van der Waals surface area contributed by atoms with Gasteiger partial charge in [0.25, 0.3) is 5.82 Å². The summed E-state index contributed by atoms with van der Waals surface area (Å²) in [6.45, 7) is 0. The predicted octanol–water partition coefficient (Wildman–Crippen LogP) is 2.76. The number of alkyl halides is 3. The van der Waals surface area contributed by atoms with Crippen LogP contribution in [0, 0.1) is 0 Å². The summed E-state index contributed by atoms with van der Waals surface area (Å²) in [4.78, 5) is 7.45. The lowest BCUT2D eigenvalue weighted by Gasteiger charge is -2.07. The number of hydrogen-bond acceptors (Lipinski definition) is 6. The number of sulfone groups is 1. The summed E-state index contributed by atoms with van der Waals surface area (Å²) in [5, 5.41) is 3.50. The van der Waals surface area contributed by atoms with Crippen molar-refractivity contribution in [3.05, 3.63) is 48.4 Å². The van der Waals surface area contributed by atoms with Crippen LogP contribution in [0.3, 0.4) is 0 Å². The van der Waals surface area contributed by atoms with Gasteiger partial charge in [0.2, 0.25) is 0 Å². The highest BCUT2D eigenvalue weighted by atomic mass is 32.2. The number of benzene rings is 1. The molecule has 0 spiro atoms. The van der Waals surface area contributed by atoms with Gasteiger partial charge >= 0.3 is 6.18 Å². The second-order valence-corrected chi connectivity index (χ2v) is 7.54. The molecule has 0 unspecified atom stereocenters. The maximum atomic E-state index is 13.1. The molecule has 0 aliphatic carbocycles. The monoisotopic (exact) mass is 398 g/mol. The van der Waals surface area contributed by atoms with E-state index < -0.39 is 21.8 Å². The van der Waals surface area contributed by atoms with E-state index in [0.717, 1.165) is 17.1 Å². The Kier molecular flexibility index (Phi) is 4.64. The average molecular weight is 398 g/mol. The van der Waals surface area contributed by atoms with Gasteiger partial charge in [-0.3, -0.25) is 0 Å². The zero-order valence-electron chi connectivity index (χ0n) is 14.1. The molecule has 7 nitrogen and oxygen atoms in total. The van der Waals surface area contributed by atoms with Crippen molar-refractivity contribution in [2.75, 3.05) is 13.4 Å². The summed E-state index contributed by atoms with van der Waals surface area (Å²) in [5.41, 5.74) is 0.325. The summed E-state index contributed by atoms with van der Waals surface area (Å²) in [6, 6.07) is 8.78. The molecule has 2 heterocycles. The van der Waals surface area contributed by atoms with Crippen LogP contribution in [-0.4, -0.2) is 41.5 Å². The lowest BCUT2D eigenvalue weighted by molar-refractivity contribution is -0.144. The highest BCUT2D eigenvalue weighted by molar-refractivity contribution is 7.90. The van der Waals surface area contributed by atoms with E-state index in [-0.39, 0.29) is 16.5 Å². The number of methoxy groups -OCH3 is 1. The van der Waals surface area contributed by atoms with Gasteiger partial charge in [-0.25, -0.2) is 18.4 Å².